The predicted octanol–water partition coefficient (Wildman–Crippen LogP) is 1.48. The number of alkyl halides is 2. The third-order valence-electron chi connectivity index (χ3n) is 2.54. The summed E-state index contributed by atoms with van der Waals surface area (Å²) in [5.74, 6) is 0.891. The van der Waals surface area contributed by atoms with Gasteiger partial charge in [-0.2, -0.15) is 0 Å². The molecular weight excluding hydrogens is 188 g/mol. The van der Waals surface area contributed by atoms with Crippen LogP contribution in [-0.4, -0.2) is 16.0 Å². The molecule has 14 heavy (non-hydrogen) atoms. The monoisotopic (exact) mass is 201 g/mol. The fourth-order valence-corrected chi connectivity index (χ4v) is 1.72. The number of hydrogen-bond donors (Lipinski definition) is 1. The zero-order valence-corrected chi connectivity index (χ0v) is 7.79. The molecule has 1 aromatic rings. The first kappa shape index (κ1) is 9.58. The molecule has 1 unspecified atom stereocenters. The lowest BCUT2D eigenvalue weighted by Gasteiger charge is -2.11. The number of aryl methyl sites for hydroxylation is 2. The predicted molar refractivity (Wildman–Crippen MR) is 48.1 cm³/mol. The summed E-state index contributed by atoms with van der Waals surface area (Å²) >= 11 is 0. The first-order valence-corrected chi connectivity index (χ1v) is 4.78. The molecule has 0 aliphatic carbocycles. The molecule has 0 radical (unpaired) electrons. The van der Waals surface area contributed by atoms with Crippen LogP contribution in [-0.2, 0) is 13.0 Å². The first-order valence-electron chi connectivity index (χ1n) is 4.78. The molecular formula is C9H13F2N3. The number of hydrogen-bond acceptors (Lipinski definition) is 2. The van der Waals surface area contributed by atoms with Gasteiger partial charge in [0, 0.05) is 19.2 Å². The number of rotatable bonds is 2. The molecule has 1 aliphatic rings. The smallest absolute Gasteiger partial charge is 0.259 e. The van der Waals surface area contributed by atoms with E-state index in [-0.39, 0.29) is 0 Å². The van der Waals surface area contributed by atoms with Gasteiger partial charge < -0.3 is 10.3 Å². The summed E-state index contributed by atoms with van der Waals surface area (Å²) < 4.78 is 26.5. The standard InChI is InChI=1S/C9H13F2N3/c10-9(11)8(12)6-5-14-4-2-1-3-7(14)13-6/h5,8-9H,1-4,12H2. The van der Waals surface area contributed by atoms with Crippen LogP contribution in [0.1, 0.15) is 30.4 Å². The van der Waals surface area contributed by atoms with E-state index < -0.39 is 12.5 Å². The van der Waals surface area contributed by atoms with Gasteiger partial charge in [-0.1, -0.05) is 0 Å². The van der Waals surface area contributed by atoms with E-state index in [1.807, 2.05) is 4.57 Å². The number of nitrogens with zero attached hydrogens (tertiary/aromatic N) is 2. The molecule has 2 rings (SSSR count). The summed E-state index contributed by atoms with van der Waals surface area (Å²) in [4.78, 5) is 4.13. The second-order valence-corrected chi connectivity index (χ2v) is 3.59. The molecule has 1 aromatic heterocycles. The second kappa shape index (κ2) is 3.65. The fraction of sp³-hybridized carbons (Fsp3) is 0.667. The van der Waals surface area contributed by atoms with E-state index in [1.54, 1.807) is 6.20 Å². The van der Waals surface area contributed by atoms with Crippen molar-refractivity contribution in [3.05, 3.63) is 17.7 Å². The Hall–Kier alpha value is -0.970. The van der Waals surface area contributed by atoms with Gasteiger partial charge in [-0.3, -0.25) is 0 Å². The van der Waals surface area contributed by atoms with Gasteiger partial charge in [0.1, 0.15) is 11.9 Å². The van der Waals surface area contributed by atoms with E-state index in [1.165, 1.54) is 0 Å². The van der Waals surface area contributed by atoms with Crippen LogP contribution in [0.5, 0.6) is 0 Å². The average molecular weight is 201 g/mol. The summed E-state index contributed by atoms with van der Waals surface area (Å²) in [5, 5.41) is 0. The minimum atomic E-state index is -2.54. The second-order valence-electron chi connectivity index (χ2n) is 3.59. The summed E-state index contributed by atoms with van der Waals surface area (Å²) in [6, 6.07) is -1.24. The van der Waals surface area contributed by atoms with Crippen molar-refractivity contribution < 1.29 is 8.78 Å². The Labute approximate surface area is 80.9 Å². The topological polar surface area (TPSA) is 43.8 Å². The molecule has 0 fully saturated rings. The number of nitrogens with two attached hydrogens (primary N) is 1. The van der Waals surface area contributed by atoms with Crippen LogP contribution in [0.2, 0.25) is 0 Å². The van der Waals surface area contributed by atoms with E-state index in [4.69, 9.17) is 5.73 Å². The molecule has 0 bridgehead atoms. The molecule has 5 heteroatoms. The van der Waals surface area contributed by atoms with Gasteiger partial charge >= 0.3 is 0 Å². The van der Waals surface area contributed by atoms with Crippen molar-refractivity contribution in [3.8, 4) is 0 Å². The van der Waals surface area contributed by atoms with Crippen molar-refractivity contribution in [3.63, 3.8) is 0 Å². The van der Waals surface area contributed by atoms with Crippen LogP contribution in [0, 0.1) is 0 Å². The molecule has 78 valence electrons. The van der Waals surface area contributed by atoms with E-state index in [0.29, 0.717) is 5.69 Å². The minimum absolute atomic E-state index is 0.317. The number of halogens is 2. The zero-order chi connectivity index (χ0) is 10.1. The van der Waals surface area contributed by atoms with Gasteiger partial charge in [0.15, 0.2) is 0 Å². The maximum Gasteiger partial charge on any atom is 0.259 e. The lowest BCUT2D eigenvalue weighted by molar-refractivity contribution is 0.115. The summed E-state index contributed by atoms with van der Waals surface area (Å²) in [7, 11) is 0. The average Bonchev–Trinajstić information content (AvgIpc) is 2.59. The highest BCUT2D eigenvalue weighted by atomic mass is 19.3. The van der Waals surface area contributed by atoms with Gasteiger partial charge in [-0.25, -0.2) is 13.8 Å². The Bertz CT molecular complexity index is 298. The highest BCUT2D eigenvalue weighted by Crippen LogP contribution is 2.20. The molecule has 0 saturated heterocycles. The quantitative estimate of drug-likeness (QED) is 0.787. The Morgan fingerprint density at radius 2 is 2.21 bits per heavy atom. The van der Waals surface area contributed by atoms with E-state index in [9.17, 15) is 8.78 Å². The Balaban J connectivity index is 2.23. The minimum Gasteiger partial charge on any atom is -0.335 e. The summed E-state index contributed by atoms with van der Waals surface area (Å²) in [6.45, 7) is 0.873. The van der Waals surface area contributed by atoms with Crippen molar-refractivity contribution in [2.75, 3.05) is 0 Å². The number of imidazole rings is 1. The Morgan fingerprint density at radius 3 is 2.86 bits per heavy atom. The molecule has 0 spiro atoms. The zero-order valence-electron chi connectivity index (χ0n) is 7.79. The van der Waals surface area contributed by atoms with Crippen molar-refractivity contribution >= 4 is 0 Å². The van der Waals surface area contributed by atoms with E-state index >= 15 is 0 Å². The molecule has 0 amide bonds. The lowest BCUT2D eigenvalue weighted by Crippen LogP contribution is -2.19. The van der Waals surface area contributed by atoms with Crippen LogP contribution < -0.4 is 5.73 Å². The first-order chi connectivity index (χ1) is 6.68. The van der Waals surface area contributed by atoms with Crippen molar-refractivity contribution in [2.45, 2.75) is 38.3 Å². The largest absolute Gasteiger partial charge is 0.335 e. The highest BCUT2D eigenvalue weighted by Gasteiger charge is 2.22. The van der Waals surface area contributed by atoms with Gasteiger partial charge in [-0.05, 0) is 12.8 Å². The molecule has 0 aromatic carbocycles. The molecule has 1 atom stereocenters. The third-order valence-corrected chi connectivity index (χ3v) is 2.54. The van der Waals surface area contributed by atoms with Crippen molar-refractivity contribution in [1.82, 2.24) is 9.55 Å². The molecule has 0 saturated carbocycles. The fourth-order valence-electron chi connectivity index (χ4n) is 1.72. The van der Waals surface area contributed by atoms with Crippen LogP contribution in [0.3, 0.4) is 0 Å². The molecule has 3 nitrogen and oxygen atoms in total. The van der Waals surface area contributed by atoms with Gasteiger partial charge in [0.25, 0.3) is 6.43 Å². The molecule has 1 aliphatic heterocycles. The Morgan fingerprint density at radius 1 is 1.43 bits per heavy atom. The van der Waals surface area contributed by atoms with Crippen LogP contribution in [0.25, 0.3) is 0 Å². The van der Waals surface area contributed by atoms with Gasteiger partial charge in [0.2, 0.25) is 0 Å². The van der Waals surface area contributed by atoms with Gasteiger partial charge in [0.05, 0.1) is 5.69 Å². The SMILES string of the molecule is NC(c1cn2c(n1)CCCC2)C(F)F. The van der Waals surface area contributed by atoms with Crippen LogP contribution >= 0.6 is 0 Å². The number of aromatic nitrogens is 2. The highest BCUT2D eigenvalue weighted by molar-refractivity contribution is 5.10. The lowest BCUT2D eigenvalue weighted by atomic mass is 10.2. The maximum absolute atomic E-state index is 12.3. The van der Waals surface area contributed by atoms with Crippen molar-refractivity contribution in [1.29, 1.82) is 0 Å². The summed E-state index contributed by atoms with van der Waals surface area (Å²) in [5.41, 5.74) is 5.64. The molecule has 2 N–H and O–H groups in total. The maximum atomic E-state index is 12.3. The molecule has 2 heterocycles. The van der Waals surface area contributed by atoms with Crippen LogP contribution in [0.15, 0.2) is 6.20 Å². The van der Waals surface area contributed by atoms with E-state index in [2.05, 4.69) is 4.98 Å². The normalized spacial score (nSPS) is 18.3. The van der Waals surface area contributed by atoms with Crippen molar-refractivity contribution in [2.24, 2.45) is 5.73 Å². The van der Waals surface area contributed by atoms with E-state index in [0.717, 1.165) is 31.6 Å². The van der Waals surface area contributed by atoms with Gasteiger partial charge in [-0.15, -0.1) is 0 Å². The number of fused-ring (bicyclic) bond motifs is 1. The van der Waals surface area contributed by atoms with Crippen LogP contribution in [0.4, 0.5) is 8.78 Å². The summed E-state index contributed by atoms with van der Waals surface area (Å²) in [6.07, 6.45) is 2.17. The Kier molecular flexibility index (Phi) is 2.50. The third kappa shape index (κ3) is 1.64.